The molecule has 0 aromatic carbocycles. The van der Waals surface area contributed by atoms with E-state index in [9.17, 15) is 14.4 Å². The second-order valence-electron chi connectivity index (χ2n) is 2.12. The zero-order valence-electron chi connectivity index (χ0n) is 7.80. The maximum atomic E-state index is 10.7. The van der Waals surface area contributed by atoms with Crippen molar-refractivity contribution >= 4 is 17.9 Å². The summed E-state index contributed by atoms with van der Waals surface area (Å²) in [6.07, 6.45) is 0.902. The average Bonchev–Trinajstić information content (AvgIpc) is 2.25. The van der Waals surface area contributed by atoms with E-state index in [0.29, 0.717) is 0 Å². The SMILES string of the molecule is C.C.C.C.C.C.C=CC(=O)OCOC(=O)COC(=O)CO. The van der Waals surface area contributed by atoms with Gasteiger partial charge in [0.25, 0.3) is 0 Å². The normalized spacial score (nSPS) is 6.33. The van der Waals surface area contributed by atoms with E-state index < -0.39 is 37.9 Å². The maximum Gasteiger partial charge on any atom is 0.347 e. The summed E-state index contributed by atoms with van der Waals surface area (Å²) in [5.74, 6) is -2.58. The molecule has 0 amide bonds. The maximum absolute atomic E-state index is 10.7. The van der Waals surface area contributed by atoms with Gasteiger partial charge in [-0.2, -0.15) is 0 Å². The Balaban J connectivity index is -0.0000000653. The van der Waals surface area contributed by atoms with Gasteiger partial charge in [0.05, 0.1) is 0 Å². The van der Waals surface area contributed by atoms with E-state index >= 15 is 0 Å². The number of hydrogen-bond acceptors (Lipinski definition) is 7. The fraction of sp³-hybridized carbons (Fsp3) is 0.643. The first-order valence-electron chi connectivity index (χ1n) is 3.81. The second kappa shape index (κ2) is 26.6. The summed E-state index contributed by atoms with van der Waals surface area (Å²) in [7, 11) is 0. The minimum Gasteiger partial charge on any atom is -0.452 e. The van der Waals surface area contributed by atoms with Crippen LogP contribution in [0.1, 0.15) is 44.6 Å². The molecule has 7 nitrogen and oxygen atoms in total. The van der Waals surface area contributed by atoms with Crippen LogP contribution in [0.4, 0.5) is 0 Å². The van der Waals surface area contributed by atoms with E-state index in [-0.39, 0.29) is 44.6 Å². The second-order valence-corrected chi connectivity index (χ2v) is 2.12. The summed E-state index contributed by atoms with van der Waals surface area (Å²) >= 11 is 0. The van der Waals surface area contributed by atoms with Gasteiger partial charge in [-0.25, -0.2) is 14.4 Å². The highest BCUT2D eigenvalue weighted by Crippen LogP contribution is 1.85. The summed E-state index contributed by atoms with van der Waals surface area (Å²) in [5, 5.41) is 8.22. The third-order valence-corrected chi connectivity index (χ3v) is 1.07. The van der Waals surface area contributed by atoms with Crippen molar-refractivity contribution in [2.45, 2.75) is 44.6 Å². The van der Waals surface area contributed by atoms with E-state index in [4.69, 9.17) is 5.11 Å². The Bertz CT molecular complexity index is 262. The number of carbonyl (C=O) groups is 3. The van der Waals surface area contributed by atoms with Crippen molar-refractivity contribution in [3.63, 3.8) is 0 Å². The van der Waals surface area contributed by atoms with Crippen molar-refractivity contribution in [1.82, 2.24) is 0 Å². The molecule has 0 saturated carbocycles. The molecule has 0 saturated heterocycles. The molecule has 0 atom stereocenters. The molecule has 0 fully saturated rings. The molecule has 0 aromatic rings. The van der Waals surface area contributed by atoms with Crippen LogP contribution in [0, 0.1) is 0 Å². The number of hydrogen-bond donors (Lipinski definition) is 1. The Morgan fingerprint density at radius 3 is 1.71 bits per heavy atom. The largest absolute Gasteiger partial charge is 0.452 e. The number of rotatable bonds is 6. The number of esters is 3. The van der Waals surface area contributed by atoms with Crippen LogP contribution in [0.2, 0.25) is 0 Å². The summed E-state index contributed by atoms with van der Waals surface area (Å²) in [6, 6.07) is 0. The minimum absolute atomic E-state index is 0. The molecule has 0 spiro atoms. The van der Waals surface area contributed by atoms with Crippen LogP contribution in [0.25, 0.3) is 0 Å². The van der Waals surface area contributed by atoms with Crippen LogP contribution in [0.5, 0.6) is 0 Å². The molecule has 0 radical (unpaired) electrons. The lowest BCUT2D eigenvalue weighted by atomic mass is 10.7. The van der Waals surface area contributed by atoms with E-state index in [0.717, 1.165) is 6.08 Å². The Labute approximate surface area is 129 Å². The average molecular weight is 314 g/mol. The molecule has 0 rings (SSSR count). The lowest BCUT2D eigenvalue weighted by molar-refractivity contribution is -0.171. The van der Waals surface area contributed by atoms with Gasteiger partial charge < -0.3 is 19.3 Å². The lowest BCUT2D eigenvalue weighted by Gasteiger charge is -2.04. The predicted octanol–water partition coefficient (Wildman–Crippen LogP) is 2.57. The molecule has 0 bridgehead atoms. The molecule has 0 unspecified atom stereocenters. The molecular weight excluding hydrogens is 280 g/mol. The zero-order valence-corrected chi connectivity index (χ0v) is 7.80. The molecule has 0 aliphatic heterocycles. The standard InChI is InChI=1S/C8H10O7.6CH4/c1-2-6(10)14-5-15-8(12)4-13-7(11)3-9;;;;;;/h2,9H,1,3-5H2;6*1H4. The van der Waals surface area contributed by atoms with Gasteiger partial charge in [0, 0.05) is 6.08 Å². The monoisotopic (exact) mass is 314 g/mol. The zero-order chi connectivity index (χ0) is 11.7. The van der Waals surface area contributed by atoms with Crippen LogP contribution in [0.15, 0.2) is 12.7 Å². The Morgan fingerprint density at radius 2 is 1.33 bits per heavy atom. The highest BCUT2D eigenvalue weighted by molar-refractivity contribution is 5.81. The van der Waals surface area contributed by atoms with Gasteiger partial charge in [-0.3, -0.25) is 0 Å². The van der Waals surface area contributed by atoms with E-state index in [1.165, 1.54) is 0 Å². The first kappa shape index (κ1) is 42.7. The van der Waals surface area contributed by atoms with Gasteiger partial charge in [-0.1, -0.05) is 51.1 Å². The molecule has 1 N–H and O–H groups in total. The number of carbonyl (C=O) groups excluding carboxylic acids is 3. The summed E-state index contributed by atoms with van der Waals surface area (Å²) in [6.45, 7) is 1.07. The van der Waals surface area contributed by atoms with Crippen LogP contribution in [-0.4, -0.2) is 43.0 Å². The third-order valence-electron chi connectivity index (χ3n) is 1.07. The Hall–Kier alpha value is -1.89. The number of aliphatic hydroxyl groups is 1. The van der Waals surface area contributed by atoms with Gasteiger partial charge in [-0.15, -0.1) is 0 Å². The molecule has 0 heterocycles. The van der Waals surface area contributed by atoms with E-state index in [1.54, 1.807) is 0 Å². The first-order chi connectivity index (χ1) is 7.10. The van der Waals surface area contributed by atoms with Gasteiger partial charge >= 0.3 is 17.9 Å². The smallest absolute Gasteiger partial charge is 0.347 e. The van der Waals surface area contributed by atoms with Gasteiger partial charge in [0.15, 0.2) is 6.61 Å². The summed E-state index contributed by atoms with van der Waals surface area (Å²) in [4.78, 5) is 31.6. The third kappa shape index (κ3) is 27.3. The van der Waals surface area contributed by atoms with Crippen molar-refractivity contribution < 1.29 is 33.7 Å². The minimum atomic E-state index is -0.949. The Kier molecular flexibility index (Phi) is 54.2. The number of aliphatic hydroxyl groups excluding tert-OH is 1. The lowest BCUT2D eigenvalue weighted by Crippen LogP contribution is -2.20. The summed E-state index contributed by atoms with van der Waals surface area (Å²) < 4.78 is 12.8. The van der Waals surface area contributed by atoms with Crippen molar-refractivity contribution in [3.8, 4) is 0 Å². The predicted molar refractivity (Wildman–Crippen MR) is 85.7 cm³/mol. The van der Waals surface area contributed by atoms with Crippen LogP contribution in [0.3, 0.4) is 0 Å². The quantitative estimate of drug-likeness (QED) is 0.457. The summed E-state index contributed by atoms with van der Waals surface area (Å²) in [5.41, 5.74) is 0. The topological polar surface area (TPSA) is 99.1 Å². The molecule has 7 heteroatoms. The molecular formula is C14H34O7. The van der Waals surface area contributed by atoms with E-state index in [1.807, 2.05) is 0 Å². The van der Waals surface area contributed by atoms with Gasteiger partial charge in [0.1, 0.15) is 6.61 Å². The highest BCUT2D eigenvalue weighted by atomic mass is 16.7. The van der Waals surface area contributed by atoms with Gasteiger partial charge in [0.2, 0.25) is 6.79 Å². The molecule has 132 valence electrons. The fourth-order valence-electron chi connectivity index (χ4n) is 0.439. The number of ether oxygens (including phenoxy) is 3. The van der Waals surface area contributed by atoms with Crippen molar-refractivity contribution in [1.29, 1.82) is 0 Å². The molecule has 0 aliphatic carbocycles. The molecule has 0 aromatic heterocycles. The van der Waals surface area contributed by atoms with Gasteiger partial charge in [-0.05, 0) is 0 Å². The highest BCUT2D eigenvalue weighted by Gasteiger charge is 2.07. The van der Waals surface area contributed by atoms with Crippen LogP contribution in [-0.2, 0) is 28.6 Å². The first-order valence-corrected chi connectivity index (χ1v) is 3.81. The fourth-order valence-corrected chi connectivity index (χ4v) is 0.439. The van der Waals surface area contributed by atoms with Crippen molar-refractivity contribution in [3.05, 3.63) is 12.7 Å². The van der Waals surface area contributed by atoms with E-state index in [2.05, 4.69) is 20.8 Å². The van der Waals surface area contributed by atoms with Crippen molar-refractivity contribution in [2.75, 3.05) is 20.0 Å². The molecule has 0 aliphatic rings. The van der Waals surface area contributed by atoms with Crippen LogP contribution < -0.4 is 0 Å². The van der Waals surface area contributed by atoms with Crippen molar-refractivity contribution in [2.24, 2.45) is 0 Å². The molecule has 21 heavy (non-hydrogen) atoms. The Morgan fingerprint density at radius 1 is 0.857 bits per heavy atom. The van der Waals surface area contributed by atoms with Crippen LogP contribution >= 0.6 is 0 Å².